The first-order valence-corrected chi connectivity index (χ1v) is 7.56. The lowest BCUT2D eigenvalue weighted by molar-refractivity contribution is -0.0288. The van der Waals surface area contributed by atoms with Crippen LogP contribution in [-0.2, 0) is 11.2 Å². The van der Waals surface area contributed by atoms with Crippen molar-refractivity contribution in [1.82, 2.24) is 5.32 Å². The maximum Gasteiger partial charge on any atom is 0.0580 e. The molecule has 17 heavy (non-hydrogen) atoms. The summed E-state index contributed by atoms with van der Waals surface area (Å²) in [6, 6.07) is 2.86. The van der Waals surface area contributed by atoms with Gasteiger partial charge >= 0.3 is 0 Å². The van der Waals surface area contributed by atoms with Crippen LogP contribution in [-0.4, -0.2) is 25.8 Å². The first-order valence-electron chi connectivity index (χ1n) is 6.61. The molecule has 1 aromatic heterocycles. The van der Waals surface area contributed by atoms with E-state index in [-0.39, 0.29) is 0 Å². The van der Waals surface area contributed by atoms with Crippen LogP contribution in [0.25, 0.3) is 0 Å². The van der Waals surface area contributed by atoms with Gasteiger partial charge in [-0.05, 0) is 68.0 Å². The standard InChI is InChI=1S/C14H23NOS/c1-3-16-14-8-12(9-14)7-13(15-2)6-11-4-5-17-10-11/h4-5,10,12-15H,3,6-9H2,1-2H3. The zero-order valence-electron chi connectivity index (χ0n) is 10.8. The predicted octanol–water partition coefficient (Wildman–Crippen LogP) is 3.08. The maximum absolute atomic E-state index is 5.61. The third-order valence-electron chi connectivity index (χ3n) is 3.68. The second-order valence-corrected chi connectivity index (χ2v) is 5.75. The predicted molar refractivity (Wildman–Crippen MR) is 73.6 cm³/mol. The molecule has 1 heterocycles. The minimum Gasteiger partial charge on any atom is -0.378 e. The fraction of sp³-hybridized carbons (Fsp3) is 0.714. The summed E-state index contributed by atoms with van der Waals surface area (Å²) in [5, 5.41) is 7.87. The Labute approximate surface area is 108 Å². The Balaban J connectivity index is 1.70. The molecule has 2 rings (SSSR count). The van der Waals surface area contributed by atoms with Crippen LogP contribution in [0.2, 0.25) is 0 Å². The number of ether oxygens (including phenoxy) is 1. The molecule has 1 atom stereocenters. The Morgan fingerprint density at radius 3 is 2.94 bits per heavy atom. The molecule has 1 aromatic rings. The van der Waals surface area contributed by atoms with Crippen molar-refractivity contribution < 1.29 is 4.74 Å². The van der Waals surface area contributed by atoms with Gasteiger partial charge < -0.3 is 10.1 Å². The van der Waals surface area contributed by atoms with Gasteiger partial charge in [-0.3, -0.25) is 0 Å². The van der Waals surface area contributed by atoms with Crippen LogP contribution in [0, 0.1) is 5.92 Å². The minimum absolute atomic E-state index is 0.545. The molecular weight excluding hydrogens is 230 g/mol. The van der Waals surface area contributed by atoms with Crippen LogP contribution in [0.1, 0.15) is 31.7 Å². The summed E-state index contributed by atoms with van der Waals surface area (Å²) in [5.74, 6) is 0.864. The second kappa shape index (κ2) is 6.53. The highest BCUT2D eigenvalue weighted by atomic mass is 32.1. The van der Waals surface area contributed by atoms with E-state index in [2.05, 4.69) is 36.1 Å². The molecule has 0 radical (unpaired) electrons. The fourth-order valence-electron chi connectivity index (χ4n) is 2.64. The van der Waals surface area contributed by atoms with E-state index in [1.165, 1.54) is 24.8 Å². The van der Waals surface area contributed by atoms with Gasteiger partial charge in [0.05, 0.1) is 6.10 Å². The van der Waals surface area contributed by atoms with Gasteiger partial charge in [0, 0.05) is 12.6 Å². The van der Waals surface area contributed by atoms with Crippen LogP contribution in [0.5, 0.6) is 0 Å². The van der Waals surface area contributed by atoms with Crippen molar-refractivity contribution in [3.8, 4) is 0 Å². The number of nitrogens with one attached hydrogen (secondary N) is 1. The van der Waals surface area contributed by atoms with Crippen molar-refractivity contribution in [2.24, 2.45) is 5.92 Å². The number of thiophene rings is 1. The van der Waals surface area contributed by atoms with Gasteiger partial charge in [-0.2, -0.15) is 11.3 Å². The Morgan fingerprint density at radius 1 is 1.53 bits per heavy atom. The molecule has 1 unspecified atom stereocenters. The van der Waals surface area contributed by atoms with Crippen LogP contribution < -0.4 is 5.32 Å². The average molecular weight is 253 g/mol. The molecule has 0 saturated heterocycles. The van der Waals surface area contributed by atoms with Gasteiger partial charge in [0.25, 0.3) is 0 Å². The third-order valence-corrected chi connectivity index (χ3v) is 4.42. The molecule has 1 saturated carbocycles. The normalized spacial score (nSPS) is 25.5. The summed E-state index contributed by atoms with van der Waals surface area (Å²) in [5.41, 5.74) is 1.47. The van der Waals surface area contributed by atoms with E-state index in [0.717, 1.165) is 18.9 Å². The molecule has 1 aliphatic carbocycles. The van der Waals surface area contributed by atoms with E-state index in [0.29, 0.717) is 12.1 Å². The zero-order chi connectivity index (χ0) is 12.1. The average Bonchev–Trinajstić information content (AvgIpc) is 2.77. The SMILES string of the molecule is CCOC1CC(CC(Cc2ccsc2)NC)C1. The molecule has 96 valence electrons. The summed E-state index contributed by atoms with van der Waals surface area (Å²) in [4.78, 5) is 0. The second-order valence-electron chi connectivity index (χ2n) is 4.97. The van der Waals surface area contributed by atoms with E-state index in [4.69, 9.17) is 4.74 Å². The lowest BCUT2D eigenvalue weighted by Gasteiger charge is -2.37. The van der Waals surface area contributed by atoms with Crippen molar-refractivity contribution in [2.75, 3.05) is 13.7 Å². The van der Waals surface area contributed by atoms with E-state index in [1.54, 1.807) is 11.3 Å². The highest BCUT2D eigenvalue weighted by Gasteiger charge is 2.30. The number of hydrogen-bond donors (Lipinski definition) is 1. The first kappa shape index (κ1) is 13.1. The van der Waals surface area contributed by atoms with Crippen LogP contribution in [0.4, 0.5) is 0 Å². The molecule has 0 aromatic carbocycles. The molecule has 1 fully saturated rings. The fourth-order valence-corrected chi connectivity index (χ4v) is 3.32. The Hall–Kier alpha value is -0.380. The number of rotatable bonds is 7. The number of hydrogen-bond acceptors (Lipinski definition) is 3. The molecule has 0 spiro atoms. The molecular formula is C14H23NOS. The van der Waals surface area contributed by atoms with Crippen molar-refractivity contribution in [1.29, 1.82) is 0 Å². The molecule has 0 amide bonds. The lowest BCUT2D eigenvalue weighted by atomic mass is 9.77. The highest BCUT2D eigenvalue weighted by molar-refractivity contribution is 7.07. The van der Waals surface area contributed by atoms with Gasteiger partial charge in [-0.25, -0.2) is 0 Å². The van der Waals surface area contributed by atoms with Crippen LogP contribution in [0.3, 0.4) is 0 Å². The molecule has 1 N–H and O–H groups in total. The zero-order valence-corrected chi connectivity index (χ0v) is 11.6. The van der Waals surface area contributed by atoms with Crippen molar-refractivity contribution in [2.45, 2.75) is 44.8 Å². The van der Waals surface area contributed by atoms with Gasteiger partial charge in [0.1, 0.15) is 0 Å². The van der Waals surface area contributed by atoms with Crippen molar-refractivity contribution >= 4 is 11.3 Å². The smallest absolute Gasteiger partial charge is 0.0580 e. The van der Waals surface area contributed by atoms with Gasteiger partial charge in [-0.1, -0.05) is 0 Å². The summed E-state index contributed by atoms with van der Waals surface area (Å²) in [6.45, 7) is 2.95. The van der Waals surface area contributed by atoms with Crippen LogP contribution in [0.15, 0.2) is 16.8 Å². The van der Waals surface area contributed by atoms with E-state index in [9.17, 15) is 0 Å². The lowest BCUT2D eigenvalue weighted by Crippen LogP contribution is -2.37. The third kappa shape index (κ3) is 3.80. The quantitative estimate of drug-likeness (QED) is 0.806. The van der Waals surface area contributed by atoms with E-state index >= 15 is 0 Å². The summed E-state index contributed by atoms with van der Waals surface area (Å²) in [7, 11) is 2.08. The van der Waals surface area contributed by atoms with E-state index in [1.807, 2.05) is 0 Å². The largest absolute Gasteiger partial charge is 0.378 e. The summed E-state index contributed by atoms with van der Waals surface area (Å²) < 4.78 is 5.61. The van der Waals surface area contributed by atoms with Crippen molar-refractivity contribution in [3.63, 3.8) is 0 Å². The molecule has 2 nitrogen and oxygen atoms in total. The summed E-state index contributed by atoms with van der Waals surface area (Å²) in [6.07, 6.45) is 5.51. The molecule has 3 heteroatoms. The topological polar surface area (TPSA) is 21.3 Å². The number of likely N-dealkylation sites (N-methyl/N-ethyl adjacent to an activating group) is 1. The monoisotopic (exact) mass is 253 g/mol. The molecule has 1 aliphatic rings. The Kier molecular flexibility index (Phi) is 5.01. The van der Waals surface area contributed by atoms with Gasteiger partial charge in [-0.15, -0.1) is 0 Å². The van der Waals surface area contributed by atoms with Gasteiger partial charge in [0.2, 0.25) is 0 Å². The molecule has 0 bridgehead atoms. The Morgan fingerprint density at radius 2 is 2.35 bits per heavy atom. The minimum atomic E-state index is 0.545. The highest BCUT2D eigenvalue weighted by Crippen LogP contribution is 2.34. The van der Waals surface area contributed by atoms with Crippen molar-refractivity contribution in [3.05, 3.63) is 22.4 Å². The Bertz CT molecular complexity index is 306. The first-order chi connectivity index (χ1) is 8.31. The van der Waals surface area contributed by atoms with Gasteiger partial charge in [0.15, 0.2) is 0 Å². The molecule has 0 aliphatic heterocycles. The van der Waals surface area contributed by atoms with E-state index < -0.39 is 0 Å². The summed E-state index contributed by atoms with van der Waals surface area (Å²) >= 11 is 1.79. The maximum atomic E-state index is 5.61. The van der Waals surface area contributed by atoms with Crippen LogP contribution >= 0.6 is 11.3 Å².